The highest BCUT2D eigenvalue weighted by Crippen LogP contribution is 2.29. The summed E-state index contributed by atoms with van der Waals surface area (Å²) in [4.78, 5) is 16.3. The molecule has 8 heteroatoms. The number of alkyl halides is 3. The highest BCUT2D eigenvalue weighted by Gasteiger charge is 2.29. The number of benzene rings is 1. The van der Waals surface area contributed by atoms with Crippen LogP contribution in [0, 0.1) is 6.92 Å². The standard InChI is InChI=1S/C18H15F3N2O2S/c1-11-23-15(10-26-11)16-7-6-14(25-16)9-22-17(24)8-12-2-4-13(5-3-12)18(19,20)21/h2-7,10H,8-9H2,1H3,(H,22,24). The Labute approximate surface area is 151 Å². The number of carbonyl (C=O) groups is 1. The maximum Gasteiger partial charge on any atom is 0.416 e. The number of aromatic nitrogens is 1. The summed E-state index contributed by atoms with van der Waals surface area (Å²) in [5.74, 6) is 0.903. The average Bonchev–Trinajstić information content (AvgIpc) is 3.21. The molecule has 0 bridgehead atoms. The summed E-state index contributed by atoms with van der Waals surface area (Å²) < 4.78 is 43.2. The van der Waals surface area contributed by atoms with Gasteiger partial charge in [0, 0.05) is 5.38 Å². The van der Waals surface area contributed by atoms with Crippen molar-refractivity contribution in [1.82, 2.24) is 10.3 Å². The van der Waals surface area contributed by atoms with E-state index in [9.17, 15) is 18.0 Å². The van der Waals surface area contributed by atoms with Crippen LogP contribution >= 0.6 is 11.3 Å². The van der Waals surface area contributed by atoms with E-state index in [4.69, 9.17) is 4.42 Å². The highest BCUT2D eigenvalue weighted by atomic mass is 32.1. The fraction of sp³-hybridized carbons (Fsp3) is 0.222. The number of hydrogen-bond acceptors (Lipinski definition) is 4. The minimum atomic E-state index is -4.38. The number of amides is 1. The zero-order chi connectivity index (χ0) is 18.7. The molecule has 0 unspecified atom stereocenters. The van der Waals surface area contributed by atoms with Gasteiger partial charge in [0.1, 0.15) is 11.5 Å². The van der Waals surface area contributed by atoms with Gasteiger partial charge < -0.3 is 9.73 Å². The van der Waals surface area contributed by atoms with Crippen molar-refractivity contribution in [1.29, 1.82) is 0 Å². The summed E-state index contributed by atoms with van der Waals surface area (Å²) >= 11 is 1.52. The predicted molar refractivity (Wildman–Crippen MR) is 91.5 cm³/mol. The number of nitrogens with zero attached hydrogens (tertiary/aromatic N) is 1. The minimum Gasteiger partial charge on any atom is -0.458 e. The number of furan rings is 1. The molecule has 3 rings (SSSR count). The van der Waals surface area contributed by atoms with Crippen LogP contribution in [0.15, 0.2) is 46.2 Å². The first-order chi connectivity index (χ1) is 12.3. The van der Waals surface area contributed by atoms with Crippen molar-refractivity contribution in [2.24, 2.45) is 0 Å². The SMILES string of the molecule is Cc1nc(-c2ccc(CNC(=O)Cc3ccc(C(F)(F)F)cc3)o2)cs1. The smallest absolute Gasteiger partial charge is 0.416 e. The third-order valence-corrected chi connectivity index (χ3v) is 4.41. The molecule has 1 amide bonds. The van der Waals surface area contributed by atoms with Crippen molar-refractivity contribution in [3.05, 3.63) is 63.7 Å². The second-order valence-electron chi connectivity index (χ2n) is 5.67. The number of thiazole rings is 1. The number of hydrogen-bond donors (Lipinski definition) is 1. The van der Waals surface area contributed by atoms with Gasteiger partial charge in [-0.05, 0) is 36.8 Å². The Hall–Kier alpha value is -2.61. The second-order valence-corrected chi connectivity index (χ2v) is 6.73. The Morgan fingerprint density at radius 1 is 1.19 bits per heavy atom. The van der Waals surface area contributed by atoms with Crippen LogP contribution in [0.4, 0.5) is 13.2 Å². The lowest BCUT2D eigenvalue weighted by Gasteiger charge is -2.08. The molecule has 2 aromatic heterocycles. The van der Waals surface area contributed by atoms with Gasteiger partial charge >= 0.3 is 6.18 Å². The Kier molecular flexibility index (Phi) is 5.13. The third-order valence-electron chi connectivity index (χ3n) is 3.64. The molecule has 26 heavy (non-hydrogen) atoms. The molecule has 1 N–H and O–H groups in total. The lowest BCUT2D eigenvalue weighted by molar-refractivity contribution is -0.137. The number of aryl methyl sites for hydroxylation is 1. The highest BCUT2D eigenvalue weighted by molar-refractivity contribution is 7.09. The van der Waals surface area contributed by atoms with E-state index in [1.165, 1.54) is 23.5 Å². The molecule has 0 aliphatic heterocycles. The van der Waals surface area contributed by atoms with Crippen LogP contribution in [-0.4, -0.2) is 10.9 Å². The number of carbonyl (C=O) groups excluding carboxylic acids is 1. The van der Waals surface area contributed by atoms with Crippen molar-refractivity contribution in [2.45, 2.75) is 26.1 Å². The normalized spacial score (nSPS) is 11.5. The van der Waals surface area contributed by atoms with Gasteiger partial charge in [-0.1, -0.05) is 12.1 Å². The molecule has 0 aliphatic rings. The van der Waals surface area contributed by atoms with E-state index in [2.05, 4.69) is 10.3 Å². The topological polar surface area (TPSA) is 55.1 Å². The van der Waals surface area contributed by atoms with Crippen LogP contribution in [0.2, 0.25) is 0 Å². The number of nitrogens with one attached hydrogen (secondary N) is 1. The minimum absolute atomic E-state index is 0.00299. The predicted octanol–water partition coefficient (Wildman–Crippen LogP) is 4.59. The summed E-state index contributed by atoms with van der Waals surface area (Å²) in [7, 11) is 0. The Balaban J connectivity index is 1.54. The van der Waals surface area contributed by atoms with Crippen LogP contribution in [0.3, 0.4) is 0 Å². The monoisotopic (exact) mass is 380 g/mol. The van der Waals surface area contributed by atoms with Gasteiger partial charge in [0.05, 0.1) is 23.5 Å². The fourth-order valence-electron chi connectivity index (χ4n) is 2.33. The summed E-state index contributed by atoms with van der Waals surface area (Å²) in [5, 5.41) is 5.51. The maximum atomic E-state index is 12.5. The number of halogens is 3. The van der Waals surface area contributed by atoms with Gasteiger partial charge in [-0.25, -0.2) is 4.98 Å². The summed E-state index contributed by atoms with van der Waals surface area (Å²) in [6.07, 6.45) is -4.38. The van der Waals surface area contributed by atoms with Crippen LogP contribution in [0.25, 0.3) is 11.5 Å². The Bertz CT molecular complexity index is 898. The maximum absolute atomic E-state index is 12.5. The first-order valence-electron chi connectivity index (χ1n) is 7.75. The second kappa shape index (κ2) is 7.33. The Morgan fingerprint density at radius 3 is 2.54 bits per heavy atom. The van der Waals surface area contributed by atoms with E-state index in [-0.39, 0.29) is 18.9 Å². The summed E-state index contributed by atoms with van der Waals surface area (Å²) in [6.45, 7) is 2.10. The third kappa shape index (κ3) is 4.51. The molecule has 0 fully saturated rings. The van der Waals surface area contributed by atoms with Gasteiger partial charge in [-0.2, -0.15) is 13.2 Å². The zero-order valence-corrected chi connectivity index (χ0v) is 14.6. The van der Waals surface area contributed by atoms with E-state index in [0.717, 1.165) is 22.8 Å². The molecule has 0 atom stereocenters. The lowest BCUT2D eigenvalue weighted by Crippen LogP contribution is -2.24. The van der Waals surface area contributed by atoms with Crippen LogP contribution in [-0.2, 0) is 23.9 Å². The largest absolute Gasteiger partial charge is 0.458 e. The molecule has 1 aromatic carbocycles. The molecule has 2 heterocycles. The Morgan fingerprint density at radius 2 is 1.92 bits per heavy atom. The van der Waals surface area contributed by atoms with Gasteiger partial charge in [0.15, 0.2) is 5.76 Å². The van der Waals surface area contributed by atoms with Crippen molar-refractivity contribution in [3.8, 4) is 11.5 Å². The van der Waals surface area contributed by atoms with Crippen LogP contribution < -0.4 is 5.32 Å². The van der Waals surface area contributed by atoms with Gasteiger partial charge in [0.2, 0.25) is 5.91 Å². The molecule has 136 valence electrons. The van der Waals surface area contributed by atoms with Crippen molar-refractivity contribution >= 4 is 17.2 Å². The fourth-order valence-corrected chi connectivity index (χ4v) is 2.93. The zero-order valence-electron chi connectivity index (χ0n) is 13.8. The van der Waals surface area contributed by atoms with Crippen LogP contribution in [0.5, 0.6) is 0 Å². The molecular formula is C18H15F3N2O2S. The lowest BCUT2D eigenvalue weighted by atomic mass is 10.1. The molecule has 0 saturated carbocycles. The van der Waals surface area contributed by atoms with E-state index >= 15 is 0 Å². The van der Waals surface area contributed by atoms with Crippen LogP contribution in [0.1, 0.15) is 21.9 Å². The van der Waals surface area contributed by atoms with Crippen molar-refractivity contribution in [2.75, 3.05) is 0 Å². The van der Waals surface area contributed by atoms with Gasteiger partial charge in [-0.3, -0.25) is 4.79 Å². The molecule has 0 radical (unpaired) electrons. The molecular weight excluding hydrogens is 365 g/mol. The van der Waals surface area contributed by atoms with E-state index in [1.807, 2.05) is 12.3 Å². The van der Waals surface area contributed by atoms with E-state index < -0.39 is 11.7 Å². The first kappa shape index (κ1) is 18.2. The van der Waals surface area contributed by atoms with E-state index in [1.54, 1.807) is 12.1 Å². The molecule has 0 spiro atoms. The van der Waals surface area contributed by atoms with Crippen molar-refractivity contribution < 1.29 is 22.4 Å². The van der Waals surface area contributed by atoms with Gasteiger partial charge in [0.25, 0.3) is 0 Å². The summed E-state index contributed by atoms with van der Waals surface area (Å²) in [5.41, 5.74) is 0.519. The summed E-state index contributed by atoms with van der Waals surface area (Å²) in [6, 6.07) is 8.08. The average molecular weight is 380 g/mol. The van der Waals surface area contributed by atoms with Crippen molar-refractivity contribution in [3.63, 3.8) is 0 Å². The molecule has 0 saturated heterocycles. The molecule has 4 nitrogen and oxygen atoms in total. The number of rotatable bonds is 5. The van der Waals surface area contributed by atoms with Gasteiger partial charge in [-0.15, -0.1) is 11.3 Å². The quantitative estimate of drug-likeness (QED) is 0.704. The van der Waals surface area contributed by atoms with E-state index in [0.29, 0.717) is 17.1 Å². The molecule has 0 aliphatic carbocycles. The first-order valence-corrected chi connectivity index (χ1v) is 8.63. The molecule has 3 aromatic rings.